The van der Waals surface area contributed by atoms with Crippen LogP contribution in [0.4, 0.5) is 4.79 Å². The molecule has 2 aromatic carbocycles. The highest BCUT2D eigenvalue weighted by Gasteiger charge is 2.29. The van der Waals surface area contributed by atoms with E-state index in [0.29, 0.717) is 0 Å². The van der Waals surface area contributed by atoms with E-state index in [2.05, 4.69) is 20.6 Å². The second-order valence-electron chi connectivity index (χ2n) is 7.89. The van der Waals surface area contributed by atoms with E-state index in [0.717, 1.165) is 34.6 Å². The Morgan fingerprint density at radius 3 is 2.17 bits per heavy atom. The molecule has 0 radical (unpaired) electrons. The van der Waals surface area contributed by atoms with Gasteiger partial charge in [-0.15, -0.1) is 0 Å². The number of benzene rings is 2. The number of rotatable bonds is 9. The fourth-order valence-corrected chi connectivity index (χ4v) is 3.98. The van der Waals surface area contributed by atoms with E-state index in [1.807, 2.05) is 48.5 Å². The van der Waals surface area contributed by atoms with Crippen LogP contribution in [0, 0.1) is 0 Å². The lowest BCUT2D eigenvalue weighted by Crippen LogP contribution is -2.49. The van der Waals surface area contributed by atoms with Gasteiger partial charge in [0.1, 0.15) is 18.5 Å². The summed E-state index contributed by atoms with van der Waals surface area (Å²) in [6.07, 6.45) is 1.56. The smallest absolute Gasteiger partial charge is 0.407 e. The molecule has 0 saturated heterocycles. The number of carbonyl (C=O) groups excluding carboxylic acids is 2. The van der Waals surface area contributed by atoms with E-state index in [1.54, 1.807) is 0 Å². The van der Waals surface area contributed by atoms with Gasteiger partial charge in [0, 0.05) is 25.4 Å². The van der Waals surface area contributed by atoms with Gasteiger partial charge >= 0.3 is 12.1 Å². The molecule has 1 unspecified atom stereocenters. The van der Waals surface area contributed by atoms with Crippen LogP contribution < -0.4 is 10.6 Å². The first-order valence-electron chi connectivity index (χ1n) is 10.9. The van der Waals surface area contributed by atoms with Gasteiger partial charge in [-0.1, -0.05) is 48.5 Å². The van der Waals surface area contributed by atoms with Gasteiger partial charge in [-0.25, -0.2) is 19.6 Å². The van der Waals surface area contributed by atoms with Gasteiger partial charge in [0.25, 0.3) is 0 Å². The molecule has 1 aliphatic carbocycles. The summed E-state index contributed by atoms with van der Waals surface area (Å²) in [7, 11) is 1.41. The molecule has 0 fully saturated rings. The Labute approximate surface area is 201 Å². The number of carboxylic acids is 1. The molecule has 1 heterocycles. The summed E-state index contributed by atoms with van der Waals surface area (Å²) in [6, 6.07) is 15.0. The van der Waals surface area contributed by atoms with Gasteiger partial charge in [0.15, 0.2) is 0 Å². The Kier molecular flexibility index (Phi) is 7.32. The Morgan fingerprint density at radius 2 is 1.60 bits per heavy atom. The lowest BCUT2D eigenvalue weighted by Gasteiger charge is -2.19. The highest BCUT2D eigenvalue weighted by atomic mass is 16.5. The van der Waals surface area contributed by atoms with Gasteiger partial charge in [-0.05, 0) is 22.3 Å². The number of methoxy groups -OCH3 is 1. The van der Waals surface area contributed by atoms with E-state index < -0.39 is 24.0 Å². The van der Waals surface area contributed by atoms with Crippen molar-refractivity contribution in [1.29, 1.82) is 0 Å². The van der Waals surface area contributed by atoms with Crippen molar-refractivity contribution >= 4 is 18.0 Å². The largest absolute Gasteiger partial charge is 0.478 e. The normalized spacial score (nSPS) is 12.8. The zero-order valence-corrected chi connectivity index (χ0v) is 18.9. The Hall–Kier alpha value is -4.31. The molecule has 0 aliphatic heterocycles. The predicted octanol–water partition coefficient (Wildman–Crippen LogP) is 2.34. The minimum Gasteiger partial charge on any atom is -0.478 e. The lowest BCUT2D eigenvalue weighted by atomic mass is 9.98. The molecule has 10 nitrogen and oxygen atoms in total. The van der Waals surface area contributed by atoms with Crippen LogP contribution >= 0.6 is 0 Å². The zero-order valence-electron chi connectivity index (χ0n) is 18.9. The quantitative estimate of drug-likeness (QED) is 0.428. The van der Waals surface area contributed by atoms with Crippen molar-refractivity contribution in [2.45, 2.75) is 18.5 Å². The van der Waals surface area contributed by atoms with Crippen molar-refractivity contribution in [2.75, 3.05) is 20.3 Å². The molecular weight excluding hydrogens is 452 g/mol. The van der Waals surface area contributed by atoms with Gasteiger partial charge in [-0.3, -0.25) is 4.79 Å². The minimum absolute atomic E-state index is 0.0503. The number of aromatic carboxylic acids is 1. The summed E-state index contributed by atoms with van der Waals surface area (Å²) in [6.45, 7) is -0.00883. The monoisotopic (exact) mass is 476 g/mol. The van der Waals surface area contributed by atoms with Crippen LogP contribution in [0.25, 0.3) is 11.1 Å². The highest BCUT2D eigenvalue weighted by molar-refractivity contribution is 5.87. The third-order valence-electron chi connectivity index (χ3n) is 5.66. The summed E-state index contributed by atoms with van der Waals surface area (Å²) < 4.78 is 10.6. The van der Waals surface area contributed by atoms with Crippen LogP contribution in [0.2, 0.25) is 0 Å². The summed E-state index contributed by atoms with van der Waals surface area (Å²) in [4.78, 5) is 43.8. The molecule has 35 heavy (non-hydrogen) atoms. The average Bonchev–Trinajstić information content (AvgIpc) is 3.19. The first-order valence-corrected chi connectivity index (χ1v) is 10.9. The van der Waals surface area contributed by atoms with E-state index >= 15 is 0 Å². The fraction of sp³-hybridized carbons (Fsp3) is 0.240. The van der Waals surface area contributed by atoms with E-state index in [9.17, 15) is 14.4 Å². The second-order valence-corrected chi connectivity index (χ2v) is 7.89. The van der Waals surface area contributed by atoms with Crippen molar-refractivity contribution in [3.8, 4) is 11.1 Å². The second kappa shape index (κ2) is 10.7. The minimum atomic E-state index is -1.15. The number of nitrogens with zero attached hydrogens (tertiary/aromatic N) is 2. The van der Waals surface area contributed by atoms with Crippen molar-refractivity contribution < 1.29 is 29.0 Å². The third-order valence-corrected chi connectivity index (χ3v) is 5.66. The van der Waals surface area contributed by atoms with Crippen LogP contribution in [0.15, 0.2) is 60.9 Å². The number of fused-ring (bicyclic) bond motifs is 3. The number of carboxylic acid groups (broad SMARTS) is 1. The van der Waals surface area contributed by atoms with Crippen LogP contribution in [0.3, 0.4) is 0 Å². The first-order chi connectivity index (χ1) is 17.0. The predicted molar refractivity (Wildman–Crippen MR) is 125 cm³/mol. The summed E-state index contributed by atoms with van der Waals surface area (Å²) in [5.74, 6) is -1.55. The molecule has 10 heteroatoms. The van der Waals surface area contributed by atoms with Crippen molar-refractivity contribution in [3.63, 3.8) is 0 Å². The van der Waals surface area contributed by atoms with Gasteiger partial charge < -0.3 is 25.2 Å². The highest BCUT2D eigenvalue weighted by Crippen LogP contribution is 2.44. The van der Waals surface area contributed by atoms with Crippen molar-refractivity contribution in [1.82, 2.24) is 20.6 Å². The number of hydrogen-bond acceptors (Lipinski definition) is 7. The van der Waals surface area contributed by atoms with E-state index in [1.165, 1.54) is 7.11 Å². The molecule has 1 aromatic heterocycles. The van der Waals surface area contributed by atoms with Gasteiger partial charge in [0.05, 0.1) is 18.7 Å². The molecule has 1 aliphatic rings. The Balaban J connectivity index is 1.34. The van der Waals surface area contributed by atoms with E-state index in [-0.39, 0.29) is 37.1 Å². The molecule has 4 rings (SSSR count). The molecule has 3 aromatic rings. The Bertz CT molecular complexity index is 1190. The maximum atomic E-state index is 12.6. The van der Waals surface area contributed by atoms with Crippen molar-refractivity contribution in [2.24, 2.45) is 0 Å². The van der Waals surface area contributed by atoms with Crippen molar-refractivity contribution in [3.05, 3.63) is 83.4 Å². The van der Waals surface area contributed by atoms with Crippen LogP contribution in [-0.4, -0.2) is 59.4 Å². The Morgan fingerprint density at radius 1 is 1.00 bits per heavy atom. The standard InChI is InChI=1S/C25H24N4O6/c1-34-14-21(23(30)28-12-22-26-10-15(11-27-22)24(31)32)29-25(33)35-13-20-18-8-4-2-6-16(18)17-7-3-5-9-19(17)20/h2-11,20-21H,12-14H2,1H3,(H,28,30)(H,29,33)(H,31,32). The molecule has 2 amide bonds. The number of nitrogens with one attached hydrogen (secondary N) is 2. The fourth-order valence-electron chi connectivity index (χ4n) is 3.98. The average molecular weight is 476 g/mol. The number of carbonyl (C=O) groups is 3. The van der Waals surface area contributed by atoms with Crippen LogP contribution in [0.5, 0.6) is 0 Å². The lowest BCUT2D eigenvalue weighted by molar-refractivity contribution is -0.124. The maximum Gasteiger partial charge on any atom is 0.407 e. The molecule has 0 saturated carbocycles. The summed E-state index contributed by atoms with van der Waals surface area (Å²) in [5, 5.41) is 14.0. The zero-order chi connectivity index (χ0) is 24.8. The van der Waals surface area contributed by atoms with Crippen LogP contribution in [-0.2, 0) is 20.8 Å². The number of ether oxygens (including phenoxy) is 2. The molecular formula is C25H24N4O6. The third kappa shape index (κ3) is 5.44. The number of amides is 2. The number of hydrogen-bond donors (Lipinski definition) is 3. The SMILES string of the molecule is COCC(NC(=O)OCC1c2ccccc2-c2ccccc21)C(=O)NCc1ncc(C(=O)O)cn1. The molecule has 3 N–H and O–H groups in total. The topological polar surface area (TPSA) is 140 Å². The maximum absolute atomic E-state index is 12.6. The summed E-state index contributed by atoms with van der Waals surface area (Å²) >= 11 is 0. The summed E-state index contributed by atoms with van der Waals surface area (Å²) in [5.41, 5.74) is 4.34. The number of alkyl carbamates (subject to hydrolysis) is 1. The molecule has 180 valence electrons. The molecule has 0 bridgehead atoms. The van der Waals surface area contributed by atoms with Gasteiger partial charge in [-0.2, -0.15) is 0 Å². The molecule has 0 spiro atoms. The number of aromatic nitrogens is 2. The molecule has 1 atom stereocenters. The van der Waals surface area contributed by atoms with E-state index in [4.69, 9.17) is 14.6 Å². The van der Waals surface area contributed by atoms with Gasteiger partial charge in [0.2, 0.25) is 5.91 Å². The van der Waals surface area contributed by atoms with Crippen LogP contribution in [0.1, 0.15) is 33.2 Å². The first kappa shape index (κ1) is 23.8.